The monoisotopic (exact) mass is 630 g/mol. The highest BCUT2D eigenvalue weighted by molar-refractivity contribution is 5.67. The van der Waals surface area contributed by atoms with E-state index >= 15 is 0 Å². The van der Waals surface area contributed by atoms with Gasteiger partial charge in [0.15, 0.2) is 6.29 Å². The average molecular weight is 631 g/mol. The first-order valence-corrected chi connectivity index (χ1v) is 18.3. The Balaban J connectivity index is 1.14. The number of morpholine rings is 1. The molecule has 14 atom stereocenters. The maximum atomic E-state index is 12.6. The molecule has 8 heteroatoms. The number of amides is 1. The molecule has 0 bridgehead atoms. The molecule has 0 aromatic carbocycles. The number of nitrogens with one attached hydrogen (secondary N) is 1. The van der Waals surface area contributed by atoms with Gasteiger partial charge in [-0.2, -0.15) is 0 Å². The topological polar surface area (TPSA) is 89.5 Å². The first kappa shape index (κ1) is 32.6. The molecule has 256 valence electrons. The third-order valence-corrected chi connectivity index (χ3v) is 15.6. The minimum absolute atomic E-state index is 0.0167. The Morgan fingerprint density at radius 1 is 1.02 bits per heavy atom. The van der Waals surface area contributed by atoms with E-state index in [0.717, 1.165) is 39.0 Å². The second-order valence-corrected chi connectivity index (χ2v) is 18.2. The molecule has 2 saturated heterocycles. The molecule has 45 heavy (non-hydrogen) atoms. The molecule has 7 fully saturated rings. The van der Waals surface area contributed by atoms with E-state index in [4.69, 9.17) is 18.9 Å². The van der Waals surface area contributed by atoms with Crippen molar-refractivity contribution in [1.29, 1.82) is 0 Å². The van der Waals surface area contributed by atoms with Crippen LogP contribution < -0.4 is 5.32 Å². The molecular formula is C37H62N2O6. The Bertz CT molecular complexity index is 1160. The molecule has 2 N–H and O–H groups in total. The molecule has 2 aliphatic heterocycles. The molecule has 0 aromatic heterocycles. The Morgan fingerprint density at radius 2 is 1.73 bits per heavy atom. The van der Waals surface area contributed by atoms with E-state index in [1.165, 1.54) is 37.0 Å². The van der Waals surface area contributed by atoms with Crippen LogP contribution in [0.4, 0.5) is 4.79 Å². The highest BCUT2D eigenvalue weighted by Crippen LogP contribution is 2.89. The number of carbonyl (C=O) groups is 1. The molecule has 1 unspecified atom stereocenters. The van der Waals surface area contributed by atoms with Crippen LogP contribution in [0, 0.1) is 56.7 Å². The van der Waals surface area contributed by atoms with Crippen LogP contribution in [0.15, 0.2) is 0 Å². The Kier molecular flexibility index (Phi) is 7.82. The van der Waals surface area contributed by atoms with E-state index < -0.39 is 6.10 Å². The number of aliphatic hydroxyl groups excluding tert-OH is 1. The molecule has 7 rings (SSSR count). The first-order valence-electron chi connectivity index (χ1n) is 18.3. The van der Waals surface area contributed by atoms with Crippen LogP contribution in [0.25, 0.3) is 0 Å². The van der Waals surface area contributed by atoms with Gasteiger partial charge in [0.25, 0.3) is 0 Å². The Labute approximate surface area is 272 Å². The normalized spacial score (nSPS) is 52.0. The van der Waals surface area contributed by atoms with Crippen molar-refractivity contribution in [3.05, 3.63) is 0 Å². The van der Waals surface area contributed by atoms with E-state index in [2.05, 4.69) is 53.8 Å². The fourth-order valence-corrected chi connectivity index (χ4v) is 13.4. The summed E-state index contributed by atoms with van der Waals surface area (Å²) in [7, 11) is 3.46. The summed E-state index contributed by atoms with van der Waals surface area (Å²) in [5.41, 5.74) is 0.584. The molecule has 1 amide bonds. The smallest absolute Gasteiger partial charge is 0.409 e. The van der Waals surface area contributed by atoms with E-state index in [-0.39, 0.29) is 59.0 Å². The standard InChI is InChI=1S/C37H62N2O6/c1-21(2)29(45-32(41)39(8)9)23-18-22(3)28-30(43-23)31(40)35(7)25-11-10-24-33(4,5)26(44-27-19-38-16-17-42-27)12-13-36(24)20-37(25,36)15-14-34(28,35)6/h21-31,38,40H,10-20H2,1-9H3/t22-,23-,24+,25+,26?,27+,28+,29-,30+,31+,34-,35-,36-,37+/m1/s1. The fraction of sp³-hybridized carbons (Fsp3) is 0.973. The van der Waals surface area contributed by atoms with Crippen molar-refractivity contribution in [2.45, 2.75) is 137 Å². The molecule has 2 heterocycles. The number of ether oxygens (including phenoxy) is 4. The van der Waals surface area contributed by atoms with Crippen molar-refractivity contribution in [3.8, 4) is 0 Å². The van der Waals surface area contributed by atoms with Crippen molar-refractivity contribution in [1.82, 2.24) is 10.2 Å². The number of hydrogen-bond donors (Lipinski definition) is 2. The third-order valence-electron chi connectivity index (χ3n) is 15.6. The van der Waals surface area contributed by atoms with Gasteiger partial charge < -0.3 is 34.3 Å². The van der Waals surface area contributed by atoms with Crippen LogP contribution in [0.1, 0.15) is 99.8 Å². The predicted octanol–water partition coefficient (Wildman–Crippen LogP) is 5.85. The van der Waals surface area contributed by atoms with Crippen LogP contribution >= 0.6 is 0 Å². The van der Waals surface area contributed by atoms with Gasteiger partial charge in [-0.3, -0.25) is 0 Å². The number of rotatable bonds is 5. The second-order valence-electron chi connectivity index (χ2n) is 18.2. The van der Waals surface area contributed by atoms with Gasteiger partial charge in [-0.15, -0.1) is 0 Å². The van der Waals surface area contributed by atoms with Gasteiger partial charge in [-0.25, -0.2) is 4.79 Å². The third kappa shape index (κ3) is 4.36. The quantitative estimate of drug-likeness (QED) is 0.394. The SMILES string of the molecule is CC(C)[C@@H](OC(=O)N(C)C)[C@H]1C[C@@H](C)[C@H]2[C@H](O1)[C@H](O)[C@@]1(C)[C@@H]3CC[C@H]4C(C)(C)C(O[C@H]5CNCCO5)CC[C@@]45C[C@@]35CC[C@]21C. The van der Waals surface area contributed by atoms with Gasteiger partial charge in [0.05, 0.1) is 31.0 Å². The Hall–Kier alpha value is -0.930. The van der Waals surface area contributed by atoms with E-state index in [9.17, 15) is 9.90 Å². The molecule has 5 aliphatic carbocycles. The first-order chi connectivity index (χ1) is 21.1. The van der Waals surface area contributed by atoms with Gasteiger partial charge in [0.2, 0.25) is 0 Å². The highest BCUT2D eigenvalue weighted by Gasteiger charge is 2.84. The van der Waals surface area contributed by atoms with Crippen LogP contribution in [-0.4, -0.2) is 86.7 Å². The number of aliphatic hydroxyl groups is 1. The van der Waals surface area contributed by atoms with Crippen molar-refractivity contribution in [3.63, 3.8) is 0 Å². The molecule has 2 spiro atoms. The van der Waals surface area contributed by atoms with E-state index in [1.807, 2.05) is 0 Å². The lowest BCUT2D eigenvalue weighted by atomic mass is 9.41. The highest BCUT2D eigenvalue weighted by atomic mass is 16.7. The Morgan fingerprint density at radius 3 is 2.40 bits per heavy atom. The summed E-state index contributed by atoms with van der Waals surface area (Å²) in [6.07, 6.45) is 7.83. The van der Waals surface area contributed by atoms with Crippen LogP contribution in [0.2, 0.25) is 0 Å². The summed E-state index contributed by atoms with van der Waals surface area (Å²) >= 11 is 0. The predicted molar refractivity (Wildman–Crippen MR) is 172 cm³/mol. The summed E-state index contributed by atoms with van der Waals surface area (Å²) in [4.78, 5) is 14.1. The molecule has 7 aliphatic rings. The van der Waals surface area contributed by atoms with Crippen molar-refractivity contribution in [2.75, 3.05) is 33.8 Å². The lowest BCUT2D eigenvalue weighted by Gasteiger charge is -2.63. The second kappa shape index (κ2) is 10.8. The maximum Gasteiger partial charge on any atom is 0.409 e. The number of hydrogen-bond acceptors (Lipinski definition) is 7. The minimum Gasteiger partial charge on any atom is -0.443 e. The average Bonchev–Trinajstić information content (AvgIpc) is 3.62. The summed E-state index contributed by atoms with van der Waals surface area (Å²) in [6, 6.07) is 0. The van der Waals surface area contributed by atoms with Gasteiger partial charge >= 0.3 is 6.09 Å². The van der Waals surface area contributed by atoms with Crippen molar-refractivity contribution < 1.29 is 28.8 Å². The van der Waals surface area contributed by atoms with Crippen molar-refractivity contribution >= 4 is 6.09 Å². The lowest BCUT2D eigenvalue weighted by molar-refractivity contribution is -0.237. The summed E-state index contributed by atoms with van der Waals surface area (Å²) < 4.78 is 25.7. The zero-order valence-electron chi connectivity index (χ0n) is 29.6. The largest absolute Gasteiger partial charge is 0.443 e. The fourth-order valence-electron chi connectivity index (χ4n) is 13.4. The van der Waals surface area contributed by atoms with Crippen LogP contribution in [-0.2, 0) is 18.9 Å². The molecule has 8 nitrogen and oxygen atoms in total. The number of carbonyl (C=O) groups excluding carboxylic acids is 1. The minimum atomic E-state index is -0.518. The maximum absolute atomic E-state index is 12.6. The zero-order valence-corrected chi connectivity index (χ0v) is 29.6. The van der Waals surface area contributed by atoms with Gasteiger partial charge in [-0.1, -0.05) is 48.5 Å². The van der Waals surface area contributed by atoms with Crippen LogP contribution in [0.3, 0.4) is 0 Å². The van der Waals surface area contributed by atoms with E-state index in [1.54, 1.807) is 14.1 Å². The summed E-state index contributed by atoms with van der Waals surface area (Å²) in [6.45, 7) is 18.9. The number of nitrogens with zero attached hydrogens (tertiary/aromatic N) is 1. The zero-order chi connectivity index (χ0) is 32.3. The van der Waals surface area contributed by atoms with Crippen LogP contribution in [0.5, 0.6) is 0 Å². The van der Waals surface area contributed by atoms with Gasteiger partial charge in [0, 0.05) is 32.6 Å². The molecule has 5 saturated carbocycles. The van der Waals surface area contributed by atoms with Gasteiger partial charge in [0.1, 0.15) is 6.10 Å². The van der Waals surface area contributed by atoms with Crippen molar-refractivity contribution in [2.24, 2.45) is 56.7 Å². The molecular weight excluding hydrogens is 568 g/mol. The van der Waals surface area contributed by atoms with E-state index in [0.29, 0.717) is 34.5 Å². The van der Waals surface area contributed by atoms with Gasteiger partial charge in [-0.05, 0) is 103 Å². The molecule has 0 radical (unpaired) electrons. The number of fused-ring (bicyclic) bond motifs is 4. The lowest BCUT2D eigenvalue weighted by Crippen LogP contribution is -2.60. The molecule has 0 aromatic rings. The summed E-state index contributed by atoms with van der Waals surface area (Å²) in [5, 5.41) is 16.0. The summed E-state index contributed by atoms with van der Waals surface area (Å²) in [5.74, 6) is 1.96.